The fourth-order valence-corrected chi connectivity index (χ4v) is 3.78. The molecule has 2 aromatic carbocycles. The molecule has 3 heteroatoms. The maximum Gasteiger partial charge on any atom is 0.338 e. The third-order valence-corrected chi connectivity index (χ3v) is 5.85. The SMILES string of the molecule is CCCCCCCCOc1ccc(-c2ccc(C(=O)O[C@H](C)CCCCCC)cc2)cc1. The van der Waals surface area contributed by atoms with E-state index in [1.807, 2.05) is 43.3 Å². The zero-order valence-electron chi connectivity index (χ0n) is 20.4. The molecule has 2 rings (SSSR count). The van der Waals surface area contributed by atoms with Gasteiger partial charge in [-0.1, -0.05) is 89.5 Å². The van der Waals surface area contributed by atoms with Gasteiger partial charge < -0.3 is 9.47 Å². The largest absolute Gasteiger partial charge is 0.494 e. The molecule has 3 nitrogen and oxygen atoms in total. The zero-order chi connectivity index (χ0) is 23.0. The fourth-order valence-electron chi connectivity index (χ4n) is 3.78. The number of rotatable bonds is 16. The topological polar surface area (TPSA) is 35.5 Å². The summed E-state index contributed by atoms with van der Waals surface area (Å²) >= 11 is 0. The number of unbranched alkanes of at least 4 members (excludes halogenated alkanes) is 8. The highest BCUT2D eigenvalue weighted by Gasteiger charge is 2.12. The average molecular weight is 439 g/mol. The Balaban J connectivity index is 1.76. The quantitative estimate of drug-likeness (QED) is 0.194. The first-order valence-corrected chi connectivity index (χ1v) is 12.7. The molecule has 0 unspecified atom stereocenters. The standard InChI is InChI=1S/C29H42O3/c1-4-6-8-10-11-13-23-31-28-21-19-26(20-22-28)25-15-17-27(18-16-25)29(30)32-24(3)14-12-9-7-5-2/h15-22,24H,4-14,23H2,1-3H3/t24-/m1/s1. The number of hydrogen-bond acceptors (Lipinski definition) is 3. The average Bonchev–Trinajstić information content (AvgIpc) is 2.82. The van der Waals surface area contributed by atoms with E-state index in [1.165, 1.54) is 51.4 Å². The van der Waals surface area contributed by atoms with Crippen molar-refractivity contribution in [3.63, 3.8) is 0 Å². The molecule has 0 bridgehead atoms. The van der Waals surface area contributed by atoms with E-state index in [-0.39, 0.29) is 12.1 Å². The monoisotopic (exact) mass is 438 g/mol. The molecule has 0 fully saturated rings. The van der Waals surface area contributed by atoms with Crippen molar-refractivity contribution >= 4 is 5.97 Å². The van der Waals surface area contributed by atoms with Crippen LogP contribution in [0.1, 0.15) is 102 Å². The number of carbonyl (C=O) groups excluding carboxylic acids is 1. The third-order valence-electron chi connectivity index (χ3n) is 5.85. The Hall–Kier alpha value is -2.29. The van der Waals surface area contributed by atoms with Crippen LogP contribution in [0.5, 0.6) is 5.75 Å². The molecule has 0 N–H and O–H groups in total. The van der Waals surface area contributed by atoms with Crippen molar-refractivity contribution in [1.82, 2.24) is 0 Å². The molecule has 0 spiro atoms. The smallest absolute Gasteiger partial charge is 0.338 e. The van der Waals surface area contributed by atoms with Crippen molar-refractivity contribution in [2.75, 3.05) is 6.61 Å². The zero-order valence-corrected chi connectivity index (χ0v) is 20.4. The van der Waals surface area contributed by atoms with Crippen molar-refractivity contribution in [2.45, 2.75) is 97.5 Å². The van der Waals surface area contributed by atoms with Gasteiger partial charge in [0.1, 0.15) is 5.75 Å². The van der Waals surface area contributed by atoms with Gasteiger partial charge in [0.15, 0.2) is 0 Å². The summed E-state index contributed by atoms with van der Waals surface area (Å²) in [7, 11) is 0. The van der Waals surface area contributed by atoms with Crippen LogP contribution >= 0.6 is 0 Å². The normalized spacial score (nSPS) is 11.8. The van der Waals surface area contributed by atoms with Crippen molar-refractivity contribution in [2.24, 2.45) is 0 Å². The molecule has 0 aromatic heterocycles. The number of benzene rings is 2. The molecular formula is C29H42O3. The Morgan fingerprint density at radius 3 is 1.88 bits per heavy atom. The summed E-state index contributed by atoms with van der Waals surface area (Å²) in [6, 6.07) is 15.9. The highest BCUT2D eigenvalue weighted by atomic mass is 16.5. The van der Waals surface area contributed by atoms with Gasteiger partial charge in [0.05, 0.1) is 18.3 Å². The molecule has 176 valence electrons. The summed E-state index contributed by atoms with van der Waals surface area (Å²) in [4.78, 5) is 12.4. The van der Waals surface area contributed by atoms with E-state index >= 15 is 0 Å². The molecule has 0 amide bonds. The minimum absolute atomic E-state index is 0.0390. The van der Waals surface area contributed by atoms with Gasteiger partial charge in [0, 0.05) is 0 Å². The van der Waals surface area contributed by atoms with Crippen LogP contribution in [-0.2, 0) is 4.74 Å². The van der Waals surface area contributed by atoms with Crippen LogP contribution in [0, 0.1) is 0 Å². The Morgan fingerprint density at radius 2 is 1.25 bits per heavy atom. The van der Waals surface area contributed by atoms with Gasteiger partial charge in [-0.15, -0.1) is 0 Å². The molecule has 0 aliphatic carbocycles. The first-order valence-electron chi connectivity index (χ1n) is 12.7. The molecular weight excluding hydrogens is 396 g/mol. The number of ether oxygens (including phenoxy) is 2. The lowest BCUT2D eigenvalue weighted by molar-refractivity contribution is 0.0319. The van der Waals surface area contributed by atoms with Crippen LogP contribution in [0.4, 0.5) is 0 Å². The Labute approximate surface area is 195 Å². The van der Waals surface area contributed by atoms with Crippen LogP contribution in [0.15, 0.2) is 48.5 Å². The van der Waals surface area contributed by atoms with Crippen molar-refractivity contribution in [3.8, 4) is 16.9 Å². The molecule has 0 heterocycles. The first-order chi connectivity index (χ1) is 15.6. The van der Waals surface area contributed by atoms with Gasteiger partial charge in [0.2, 0.25) is 0 Å². The van der Waals surface area contributed by atoms with E-state index in [0.717, 1.165) is 42.7 Å². The van der Waals surface area contributed by atoms with E-state index in [2.05, 4.69) is 26.0 Å². The van der Waals surface area contributed by atoms with Crippen LogP contribution in [0.2, 0.25) is 0 Å². The maximum absolute atomic E-state index is 12.4. The van der Waals surface area contributed by atoms with Crippen LogP contribution < -0.4 is 4.74 Å². The molecule has 0 aliphatic heterocycles. The molecule has 32 heavy (non-hydrogen) atoms. The lowest BCUT2D eigenvalue weighted by Gasteiger charge is -2.13. The van der Waals surface area contributed by atoms with Gasteiger partial charge in [0.25, 0.3) is 0 Å². The molecule has 0 saturated carbocycles. The second-order valence-corrected chi connectivity index (χ2v) is 8.78. The molecule has 1 atom stereocenters. The number of carbonyl (C=O) groups is 1. The van der Waals surface area contributed by atoms with E-state index < -0.39 is 0 Å². The lowest BCUT2D eigenvalue weighted by atomic mass is 10.0. The van der Waals surface area contributed by atoms with Crippen LogP contribution in [0.25, 0.3) is 11.1 Å². The third kappa shape index (κ3) is 9.89. The maximum atomic E-state index is 12.4. The van der Waals surface area contributed by atoms with Crippen molar-refractivity contribution in [3.05, 3.63) is 54.1 Å². The Morgan fingerprint density at radius 1 is 0.719 bits per heavy atom. The highest BCUT2D eigenvalue weighted by Crippen LogP contribution is 2.23. The molecule has 0 radical (unpaired) electrons. The summed E-state index contributed by atoms with van der Waals surface area (Å²) in [6.45, 7) is 7.20. The van der Waals surface area contributed by atoms with Crippen molar-refractivity contribution < 1.29 is 14.3 Å². The summed E-state index contributed by atoms with van der Waals surface area (Å²) in [5.74, 6) is 0.674. The molecule has 0 saturated heterocycles. The summed E-state index contributed by atoms with van der Waals surface area (Å²) in [5.41, 5.74) is 2.80. The molecule has 0 aliphatic rings. The lowest BCUT2D eigenvalue weighted by Crippen LogP contribution is -2.15. The Bertz CT molecular complexity index is 749. The van der Waals surface area contributed by atoms with Crippen LogP contribution in [-0.4, -0.2) is 18.7 Å². The van der Waals surface area contributed by atoms with E-state index in [9.17, 15) is 4.79 Å². The van der Waals surface area contributed by atoms with Gasteiger partial charge in [-0.3, -0.25) is 0 Å². The van der Waals surface area contributed by atoms with Crippen molar-refractivity contribution in [1.29, 1.82) is 0 Å². The first kappa shape index (κ1) is 26.0. The Kier molecular flexibility index (Phi) is 12.6. The van der Waals surface area contributed by atoms with Gasteiger partial charge in [-0.05, 0) is 61.6 Å². The number of esters is 1. The fraction of sp³-hybridized carbons (Fsp3) is 0.552. The second kappa shape index (κ2) is 15.5. The van der Waals surface area contributed by atoms with Gasteiger partial charge in [-0.2, -0.15) is 0 Å². The van der Waals surface area contributed by atoms with E-state index in [4.69, 9.17) is 9.47 Å². The number of hydrogen-bond donors (Lipinski definition) is 0. The minimum atomic E-state index is -0.238. The summed E-state index contributed by atoms with van der Waals surface area (Å²) in [6.07, 6.45) is 13.3. The van der Waals surface area contributed by atoms with Gasteiger partial charge in [-0.25, -0.2) is 4.79 Å². The van der Waals surface area contributed by atoms with Crippen LogP contribution in [0.3, 0.4) is 0 Å². The highest BCUT2D eigenvalue weighted by molar-refractivity contribution is 5.90. The minimum Gasteiger partial charge on any atom is -0.494 e. The predicted molar refractivity (Wildman–Crippen MR) is 134 cm³/mol. The second-order valence-electron chi connectivity index (χ2n) is 8.78. The summed E-state index contributed by atoms with van der Waals surface area (Å²) in [5, 5.41) is 0. The van der Waals surface area contributed by atoms with Gasteiger partial charge >= 0.3 is 5.97 Å². The summed E-state index contributed by atoms with van der Waals surface area (Å²) < 4.78 is 11.5. The van der Waals surface area contributed by atoms with E-state index in [0.29, 0.717) is 5.56 Å². The predicted octanol–water partition coefficient (Wildman–Crippen LogP) is 8.61. The van der Waals surface area contributed by atoms with E-state index in [1.54, 1.807) is 0 Å². The molecule has 2 aromatic rings.